The minimum atomic E-state index is -0.958. The maximum atomic E-state index is 12.3. The van der Waals surface area contributed by atoms with Gasteiger partial charge < -0.3 is 14.7 Å². The van der Waals surface area contributed by atoms with Crippen LogP contribution in [0.2, 0.25) is 0 Å². The lowest BCUT2D eigenvalue weighted by molar-refractivity contribution is -0.145. The topological polar surface area (TPSA) is 66.8 Å². The molecule has 0 aromatic rings. The Bertz CT molecular complexity index is 336. The summed E-state index contributed by atoms with van der Waals surface area (Å²) in [5.41, 5.74) is 0.223. The van der Waals surface area contributed by atoms with Gasteiger partial charge in [0.1, 0.15) is 6.54 Å². The van der Waals surface area contributed by atoms with Crippen LogP contribution in [0.25, 0.3) is 0 Å². The van der Waals surface area contributed by atoms with Gasteiger partial charge in [-0.1, -0.05) is 12.8 Å². The van der Waals surface area contributed by atoms with Gasteiger partial charge >= 0.3 is 5.97 Å². The third kappa shape index (κ3) is 2.66. The lowest BCUT2D eigenvalue weighted by Gasteiger charge is -2.21. The van der Waals surface area contributed by atoms with Gasteiger partial charge in [0.25, 0.3) is 0 Å². The van der Waals surface area contributed by atoms with Crippen molar-refractivity contribution in [2.24, 2.45) is 11.3 Å². The number of rotatable bonds is 6. The Morgan fingerprint density at radius 1 is 1.39 bits per heavy atom. The summed E-state index contributed by atoms with van der Waals surface area (Å²) < 4.78 is 4.93. The van der Waals surface area contributed by atoms with Crippen molar-refractivity contribution in [1.82, 2.24) is 4.90 Å². The molecule has 0 radical (unpaired) electrons. The molecule has 1 amide bonds. The Morgan fingerprint density at radius 3 is 2.61 bits per heavy atom. The summed E-state index contributed by atoms with van der Waals surface area (Å²) in [6, 6.07) is 0. The minimum absolute atomic E-state index is 0.0105. The molecule has 2 aliphatic carbocycles. The first-order valence-electron chi connectivity index (χ1n) is 6.58. The van der Waals surface area contributed by atoms with E-state index in [0.29, 0.717) is 13.2 Å². The number of hydrogen-bond acceptors (Lipinski definition) is 3. The Labute approximate surface area is 107 Å². The maximum absolute atomic E-state index is 12.3. The van der Waals surface area contributed by atoms with E-state index in [0.717, 1.165) is 19.3 Å². The number of aliphatic carboxylic acids is 1. The molecule has 2 fully saturated rings. The number of carboxylic acids is 1. The van der Waals surface area contributed by atoms with Crippen molar-refractivity contribution in [2.45, 2.75) is 32.1 Å². The highest BCUT2D eigenvalue weighted by molar-refractivity contribution is 5.86. The SMILES string of the molecule is COCCN(CC(=O)O)C(=O)C1CC12CCCC2. The lowest BCUT2D eigenvalue weighted by Crippen LogP contribution is -2.39. The van der Waals surface area contributed by atoms with Crippen LogP contribution < -0.4 is 0 Å². The molecule has 5 heteroatoms. The molecule has 0 aliphatic heterocycles. The molecule has 0 heterocycles. The quantitative estimate of drug-likeness (QED) is 0.772. The molecule has 1 unspecified atom stereocenters. The predicted molar refractivity (Wildman–Crippen MR) is 65.1 cm³/mol. The van der Waals surface area contributed by atoms with Crippen LogP contribution >= 0.6 is 0 Å². The number of amides is 1. The average Bonchev–Trinajstić information content (AvgIpc) is 2.81. The maximum Gasteiger partial charge on any atom is 0.323 e. The second-order valence-corrected chi connectivity index (χ2v) is 5.47. The van der Waals surface area contributed by atoms with E-state index in [-0.39, 0.29) is 23.8 Å². The Hall–Kier alpha value is -1.10. The lowest BCUT2D eigenvalue weighted by atomic mass is 10.0. The van der Waals surface area contributed by atoms with Gasteiger partial charge in [0, 0.05) is 19.6 Å². The van der Waals surface area contributed by atoms with E-state index in [1.54, 1.807) is 7.11 Å². The molecule has 0 aromatic carbocycles. The largest absolute Gasteiger partial charge is 0.480 e. The van der Waals surface area contributed by atoms with E-state index >= 15 is 0 Å². The molecular formula is C13H21NO4. The molecule has 0 aromatic heterocycles. The van der Waals surface area contributed by atoms with Crippen molar-refractivity contribution >= 4 is 11.9 Å². The van der Waals surface area contributed by atoms with Crippen LogP contribution in [0, 0.1) is 11.3 Å². The highest BCUT2D eigenvalue weighted by atomic mass is 16.5. The van der Waals surface area contributed by atoms with Crippen LogP contribution in [0.4, 0.5) is 0 Å². The van der Waals surface area contributed by atoms with Crippen LogP contribution in [-0.4, -0.2) is 48.7 Å². The third-order valence-corrected chi connectivity index (χ3v) is 4.29. The van der Waals surface area contributed by atoms with E-state index in [9.17, 15) is 9.59 Å². The first-order valence-corrected chi connectivity index (χ1v) is 6.58. The zero-order chi connectivity index (χ0) is 13.2. The van der Waals surface area contributed by atoms with Gasteiger partial charge in [0.15, 0.2) is 0 Å². The number of hydrogen-bond donors (Lipinski definition) is 1. The molecule has 2 saturated carbocycles. The van der Waals surface area contributed by atoms with E-state index in [1.165, 1.54) is 17.7 Å². The second kappa shape index (κ2) is 5.26. The van der Waals surface area contributed by atoms with Gasteiger partial charge in [0.2, 0.25) is 5.91 Å². The molecule has 1 atom stereocenters. The molecule has 102 valence electrons. The first-order chi connectivity index (χ1) is 8.59. The summed E-state index contributed by atoms with van der Waals surface area (Å²) in [6.45, 7) is 0.543. The van der Waals surface area contributed by atoms with Gasteiger partial charge in [-0.3, -0.25) is 9.59 Å². The van der Waals surface area contributed by atoms with Crippen molar-refractivity contribution < 1.29 is 19.4 Å². The Morgan fingerprint density at radius 2 is 2.06 bits per heavy atom. The fourth-order valence-electron chi connectivity index (χ4n) is 3.18. The summed E-state index contributed by atoms with van der Waals surface area (Å²) in [5, 5.41) is 8.86. The fourth-order valence-corrected chi connectivity index (χ4v) is 3.18. The summed E-state index contributed by atoms with van der Waals surface area (Å²) in [7, 11) is 1.55. The summed E-state index contributed by atoms with van der Waals surface area (Å²) in [4.78, 5) is 24.5. The van der Waals surface area contributed by atoms with E-state index in [2.05, 4.69) is 0 Å². The second-order valence-electron chi connectivity index (χ2n) is 5.47. The van der Waals surface area contributed by atoms with Crippen molar-refractivity contribution in [2.75, 3.05) is 26.8 Å². The monoisotopic (exact) mass is 255 g/mol. The molecule has 18 heavy (non-hydrogen) atoms. The van der Waals surface area contributed by atoms with Crippen molar-refractivity contribution in [3.8, 4) is 0 Å². The van der Waals surface area contributed by atoms with Crippen molar-refractivity contribution in [3.63, 3.8) is 0 Å². The predicted octanol–water partition coefficient (Wildman–Crippen LogP) is 1.13. The van der Waals surface area contributed by atoms with Crippen LogP contribution in [0.3, 0.4) is 0 Å². The highest BCUT2D eigenvalue weighted by Gasteiger charge is 2.59. The van der Waals surface area contributed by atoms with Gasteiger partial charge in [0.05, 0.1) is 6.61 Å². The zero-order valence-corrected chi connectivity index (χ0v) is 10.9. The van der Waals surface area contributed by atoms with Gasteiger partial charge in [-0.15, -0.1) is 0 Å². The minimum Gasteiger partial charge on any atom is -0.480 e. The molecule has 0 saturated heterocycles. The normalized spacial score (nSPS) is 24.2. The summed E-state index contributed by atoms with van der Waals surface area (Å²) in [6.07, 6.45) is 5.64. The number of carboxylic acid groups (broad SMARTS) is 1. The van der Waals surface area contributed by atoms with Gasteiger partial charge in [-0.25, -0.2) is 0 Å². The Kier molecular flexibility index (Phi) is 3.90. The standard InChI is InChI=1S/C13H21NO4/c1-18-7-6-14(9-11(15)16)12(17)10-8-13(10)4-2-3-5-13/h10H,2-9H2,1H3,(H,15,16). The fraction of sp³-hybridized carbons (Fsp3) is 0.846. The van der Waals surface area contributed by atoms with Crippen LogP contribution in [0.1, 0.15) is 32.1 Å². The van der Waals surface area contributed by atoms with Crippen LogP contribution in [-0.2, 0) is 14.3 Å². The van der Waals surface area contributed by atoms with Crippen molar-refractivity contribution in [1.29, 1.82) is 0 Å². The molecule has 1 N–H and O–H groups in total. The number of methoxy groups -OCH3 is 1. The number of carbonyl (C=O) groups excluding carboxylic acids is 1. The van der Waals surface area contributed by atoms with E-state index in [4.69, 9.17) is 9.84 Å². The average molecular weight is 255 g/mol. The smallest absolute Gasteiger partial charge is 0.323 e. The van der Waals surface area contributed by atoms with Gasteiger partial charge in [-0.05, 0) is 24.7 Å². The van der Waals surface area contributed by atoms with Crippen LogP contribution in [0.5, 0.6) is 0 Å². The van der Waals surface area contributed by atoms with Crippen molar-refractivity contribution in [3.05, 3.63) is 0 Å². The molecular weight excluding hydrogens is 234 g/mol. The summed E-state index contributed by atoms with van der Waals surface area (Å²) in [5.74, 6) is -0.881. The van der Waals surface area contributed by atoms with E-state index < -0.39 is 5.97 Å². The highest BCUT2D eigenvalue weighted by Crippen LogP contribution is 2.63. The van der Waals surface area contributed by atoms with Crippen LogP contribution in [0.15, 0.2) is 0 Å². The molecule has 0 bridgehead atoms. The molecule has 2 rings (SSSR count). The third-order valence-electron chi connectivity index (χ3n) is 4.29. The van der Waals surface area contributed by atoms with Gasteiger partial charge in [-0.2, -0.15) is 0 Å². The molecule has 1 spiro atoms. The first kappa shape index (κ1) is 13.3. The summed E-state index contributed by atoms with van der Waals surface area (Å²) >= 11 is 0. The number of ether oxygens (including phenoxy) is 1. The molecule has 5 nitrogen and oxygen atoms in total. The molecule has 2 aliphatic rings. The zero-order valence-electron chi connectivity index (χ0n) is 10.9. The number of carbonyl (C=O) groups is 2. The van der Waals surface area contributed by atoms with E-state index in [1.807, 2.05) is 0 Å². The Balaban J connectivity index is 1.93. The number of nitrogens with zero attached hydrogens (tertiary/aromatic N) is 1.